The maximum atomic E-state index is 13.1. The number of aromatic nitrogens is 3. The fourth-order valence-electron chi connectivity index (χ4n) is 3.13. The summed E-state index contributed by atoms with van der Waals surface area (Å²) in [6.07, 6.45) is 0. The highest BCUT2D eigenvalue weighted by molar-refractivity contribution is 8.00. The van der Waals surface area contributed by atoms with Crippen molar-refractivity contribution in [1.82, 2.24) is 14.5 Å². The number of hydrogen-bond donors (Lipinski definition) is 2. The lowest BCUT2D eigenvalue weighted by Gasteiger charge is -2.12. The number of carbonyl (C=O) groups is 1. The monoisotopic (exact) mass is 433 g/mol. The Morgan fingerprint density at radius 3 is 2.27 bits per heavy atom. The Balaban J connectivity index is 1.84. The predicted octanol–water partition coefficient (Wildman–Crippen LogP) is 4.01. The Morgan fingerprint density at radius 1 is 1.10 bits per heavy atom. The van der Waals surface area contributed by atoms with Crippen molar-refractivity contribution in [2.75, 3.05) is 11.5 Å². The van der Waals surface area contributed by atoms with Gasteiger partial charge in [-0.05, 0) is 51.1 Å². The van der Waals surface area contributed by atoms with Crippen LogP contribution >= 0.6 is 11.8 Å². The summed E-state index contributed by atoms with van der Waals surface area (Å²) < 4.78 is 31.0. The Labute approximate surface area is 176 Å². The normalized spacial score (nSPS) is 12.2. The molecule has 7 nitrogen and oxygen atoms in total. The fraction of sp³-hybridized carbons (Fsp3) is 0.250. The topological polar surface area (TPSA) is 109 Å². The molecule has 0 unspecified atom stereocenters. The molecule has 0 spiro atoms. The number of nitrogens with zero attached hydrogens (tertiary/aromatic N) is 3. The largest absolute Gasteiger partial charge is 0.435 e. The van der Waals surface area contributed by atoms with Gasteiger partial charge in [0.2, 0.25) is 0 Å². The molecule has 0 saturated carbocycles. The average Bonchev–Trinajstić information content (AvgIpc) is 2.94. The highest BCUT2D eigenvalue weighted by atomic mass is 32.2. The third-order valence-corrected chi connectivity index (χ3v) is 5.37. The molecule has 0 amide bonds. The van der Waals surface area contributed by atoms with Crippen LogP contribution in [0.4, 0.5) is 20.4 Å². The number of halogens is 2. The van der Waals surface area contributed by atoms with E-state index in [1.165, 1.54) is 30.0 Å². The van der Waals surface area contributed by atoms with Gasteiger partial charge in [0.25, 0.3) is 0 Å². The van der Waals surface area contributed by atoms with Gasteiger partial charge in [-0.3, -0.25) is 4.79 Å². The van der Waals surface area contributed by atoms with Crippen LogP contribution in [0.25, 0.3) is 5.69 Å². The van der Waals surface area contributed by atoms with Crippen molar-refractivity contribution in [3.05, 3.63) is 53.3 Å². The minimum atomic E-state index is -2.88. The first-order chi connectivity index (χ1) is 14.2. The molecule has 4 N–H and O–H groups in total. The number of rotatable bonds is 7. The van der Waals surface area contributed by atoms with E-state index in [9.17, 15) is 13.6 Å². The molecule has 10 heteroatoms. The number of nitrogen functional groups attached to an aromatic ring is 2. The highest BCUT2D eigenvalue weighted by Crippen LogP contribution is 2.28. The molecule has 0 aliphatic carbocycles. The number of Topliss-reactive ketones (excluding diaryl/α,β-unsaturated/α-hetero) is 1. The molecule has 0 radical (unpaired) electrons. The molecule has 1 atom stereocenters. The number of ketones is 1. The molecule has 2 heterocycles. The molecule has 158 valence electrons. The van der Waals surface area contributed by atoms with Gasteiger partial charge in [-0.15, -0.1) is 0 Å². The van der Waals surface area contributed by atoms with Gasteiger partial charge in [0.15, 0.2) is 10.9 Å². The number of thioether (sulfide) groups is 1. The van der Waals surface area contributed by atoms with Gasteiger partial charge in [-0.1, -0.05) is 11.8 Å². The van der Waals surface area contributed by atoms with E-state index in [2.05, 4.69) is 14.7 Å². The minimum Gasteiger partial charge on any atom is -0.435 e. The lowest BCUT2D eigenvalue weighted by Crippen LogP contribution is -2.15. The van der Waals surface area contributed by atoms with Crippen LogP contribution < -0.4 is 16.2 Å². The summed E-state index contributed by atoms with van der Waals surface area (Å²) in [5, 5.41) is -0.140. The van der Waals surface area contributed by atoms with Crippen LogP contribution in [-0.2, 0) is 0 Å². The third-order valence-electron chi connectivity index (χ3n) is 4.41. The van der Waals surface area contributed by atoms with Gasteiger partial charge in [-0.25, -0.2) is 9.97 Å². The van der Waals surface area contributed by atoms with Crippen molar-refractivity contribution in [3.63, 3.8) is 0 Å². The van der Waals surface area contributed by atoms with Crippen LogP contribution in [0.2, 0.25) is 0 Å². The lowest BCUT2D eigenvalue weighted by molar-refractivity contribution is -0.0498. The second kappa shape index (κ2) is 8.70. The summed E-state index contributed by atoms with van der Waals surface area (Å²) in [6.45, 7) is 2.58. The first-order valence-electron chi connectivity index (χ1n) is 9.00. The van der Waals surface area contributed by atoms with Crippen molar-refractivity contribution < 1.29 is 18.3 Å². The molecule has 0 bridgehead atoms. The molecule has 0 fully saturated rings. The van der Waals surface area contributed by atoms with Crippen LogP contribution in [0.15, 0.2) is 41.6 Å². The van der Waals surface area contributed by atoms with E-state index in [1.807, 2.05) is 18.4 Å². The van der Waals surface area contributed by atoms with E-state index in [4.69, 9.17) is 11.5 Å². The summed E-state index contributed by atoms with van der Waals surface area (Å²) in [5.74, 6) is 0.449. The fourth-order valence-corrected chi connectivity index (χ4v) is 4.00. The summed E-state index contributed by atoms with van der Waals surface area (Å²) in [6, 6.07) is 9.49. The summed E-state index contributed by atoms with van der Waals surface area (Å²) in [7, 11) is 0. The van der Waals surface area contributed by atoms with E-state index in [1.54, 1.807) is 25.1 Å². The van der Waals surface area contributed by atoms with Crippen LogP contribution in [-0.4, -0.2) is 32.2 Å². The highest BCUT2D eigenvalue weighted by Gasteiger charge is 2.23. The van der Waals surface area contributed by atoms with Crippen molar-refractivity contribution in [1.29, 1.82) is 0 Å². The second-order valence-electron chi connectivity index (χ2n) is 6.62. The van der Waals surface area contributed by atoms with Crippen molar-refractivity contribution >= 4 is 29.2 Å². The van der Waals surface area contributed by atoms with Gasteiger partial charge >= 0.3 is 6.61 Å². The molecule has 1 aromatic carbocycles. The zero-order valence-electron chi connectivity index (χ0n) is 16.6. The number of alkyl halides is 2. The van der Waals surface area contributed by atoms with Gasteiger partial charge in [0.05, 0.1) is 5.25 Å². The van der Waals surface area contributed by atoms with Gasteiger partial charge < -0.3 is 20.8 Å². The summed E-state index contributed by atoms with van der Waals surface area (Å²) in [4.78, 5) is 21.3. The number of nitrogens with two attached hydrogens (primary N) is 2. The first kappa shape index (κ1) is 21.6. The van der Waals surface area contributed by atoms with Crippen LogP contribution in [0.5, 0.6) is 5.75 Å². The molecule has 0 saturated heterocycles. The molecule has 30 heavy (non-hydrogen) atoms. The van der Waals surface area contributed by atoms with Crippen LogP contribution in [0.3, 0.4) is 0 Å². The number of ether oxygens (including phenoxy) is 1. The summed E-state index contributed by atoms with van der Waals surface area (Å²) >= 11 is 1.17. The predicted molar refractivity (Wildman–Crippen MR) is 112 cm³/mol. The van der Waals surface area contributed by atoms with Crippen molar-refractivity contribution in [3.8, 4) is 11.4 Å². The Kier molecular flexibility index (Phi) is 6.25. The summed E-state index contributed by atoms with van der Waals surface area (Å²) in [5.41, 5.74) is 14.2. The Hall–Kier alpha value is -3.14. The number of hydrogen-bond acceptors (Lipinski definition) is 7. The average molecular weight is 433 g/mol. The van der Waals surface area contributed by atoms with Gasteiger partial charge in [-0.2, -0.15) is 8.78 Å². The molecular formula is C20H21F2N5O2S. The van der Waals surface area contributed by atoms with Crippen molar-refractivity contribution in [2.45, 2.75) is 37.8 Å². The first-order valence-corrected chi connectivity index (χ1v) is 9.88. The number of anilines is 2. The second-order valence-corrected chi connectivity index (χ2v) is 7.93. The molecule has 2 aromatic heterocycles. The van der Waals surface area contributed by atoms with Crippen LogP contribution in [0, 0.1) is 13.8 Å². The molecular weight excluding hydrogens is 412 g/mol. The van der Waals surface area contributed by atoms with E-state index in [0.29, 0.717) is 10.7 Å². The Bertz CT molecular complexity index is 1050. The molecule has 0 aliphatic heterocycles. The van der Waals surface area contributed by atoms with E-state index >= 15 is 0 Å². The van der Waals surface area contributed by atoms with Gasteiger partial charge in [0, 0.05) is 28.7 Å². The maximum Gasteiger partial charge on any atom is 0.387 e. The number of aryl methyl sites for hydroxylation is 1. The molecule has 3 aromatic rings. The quantitative estimate of drug-likeness (QED) is 0.329. The van der Waals surface area contributed by atoms with E-state index < -0.39 is 11.9 Å². The SMILES string of the molecule is Cc1cc(C(=O)[C@@H](C)Sc2nc(N)cc(N)n2)c(C)n1-c1ccc(OC(F)F)cc1. The van der Waals surface area contributed by atoms with E-state index in [0.717, 1.165) is 17.1 Å². The minimum absolute atomic E-state index is 0.0685. The number of benzene rings is 1. The van der Waals surface area contributed by atoms with Crippen molar-refractivity contribution in [2.24, 2.45) is 0 Å². The van der Waals surface area contributed by atoms with Crippen LogP contribution in [0.1, 0.15) is 28.7 Å². The maximum absolute atomic E-state index is 13.1. The zero-order chi connectivity index (χ0) is 22.0. The lowest BCUT2D eigenvalue weighted by atomic mass is 10.1. The molecule has 3 rings (SSSR count). The zero-order valence-corrected chi connectivity index (χ0v) is 17.4. The molecule has 0 aliphatic rings. The third kappa shape index (κ3) is 4.70. The standard InChI is InChI=1S/C20H21F2N5O2S/c1-10-8-15(18(28)12(3)30-20-25-16(23)9-17(24)26-20)11(2)27(10)13-4-6-14(7-5-13)29-19(21)22/h4-9,12,19H,1-3H3,(H4,23,24,25,26)/t12-/m1/s1. The van der Waals surface area contributed by atoms with E-state index in [-0.39, 0.29) is 23.2 Å². The number of carbonyl (C=O) groups excluding carboxylic acids is 1. The van der Waals surface area contributed by atoms with Gasteiger partial charge in [0.1, 0.15) is 17.4 Å². The Morgan fingerprint density at radius 2 is 1.70 bits per heavy atom. The smallest absolute Gasteiger partial charge is 0.387 e.